The lowest BCUT2D eigenvalue weighted by Crippen LogP contribution is -1.88. The van der Waals surface area contributed by atoms with Gasteiger partial charge in [0.1, 0.15) is 17.6 Å². The van der Waals surface area contributed by atoms with Crippen molar-refractivity contribution in [2.24, 2.45) is 0 Å². The minimum atomic E-state index is 0.446. The van der Waals surface area contributed by atoms with E-state index in [4.69, 9.17) is 16.4 Å². The Morgan fingerprint density at radius 3 is 2.28 bits per heavy atom. The summed E-state index contributed by atoms with van der Waals surface area (Å²) >= 11 is 0. The summed E-state index contributed by atoms with van der Waals surface area (Å²) in [7, 11) is 0. The first kappa shape index (κ1) is 11.8. The van der Waals surface area contributed by atoms with E-state index in [1.807, 2.05) is 31.2 Å². The molecule has 0 aliphatic rings. The highest BCUT2D eigenvalue weighted by atomic mass is 16.5. The van der Waals surface area contributed by atoms with Gasteiger partial charge in [0.05, 0.1) is 5.56 Å². The molecule has 0 unspecified atom stereocenters. The van der Waals surface area contributed by atoms with E-state index in [9.17, 15) is 0 Å². The molecule has 2 aromatic carbocycles. The fourth-order valence-corrected chi connectivity index (χ4v) is 1.55. The number of hydrogen-bond donors (Lipinski definition) is 0. The highest BCUT2D eigenvalue weighted by Crippen LogP contribution is 2.23. The zero-order valence-corrected chi connectivity index (χ0v) is 9.97. The molecule has 0 amide bonds. The van der Waals surface area contributed by atoms with Gasteiger partial charge in [-0.3, -0.25) is 0 Å². The Morgan fingerprint density at radius 1 is 1.00 bits per heavy atom. The third-order valence-corrected chi connectivity index (χ3v) is 2.52. The first-order chi connectivity index (χ1) is 8.72. The fraction of sp³-hybridized carbons (Fsp3) is 0.0625. The van der Waals surface area contributed by atoms with Gasteiger partial charge >= 0.3 is 0 Å². The van der Waals surface area contributed by atoms with Gasteiger partial charge < -0.3 is 4.74 Å². The van der Waals surface area contributed by atoms with Crippen molar-refractivity contribution in [1.82, 2.24) is 0 Å². The molecule has 0 spiro atoms. The van der Waals surface area contributed by atoms with Crippen LogP contribution in [0.25, 0.3) is 0 Å². The second-order valence-electron chi connectivity index (χ2n) is 3.88. The van der Waals surface area contributed by atoms with Crippen molar-refractivity contribution in [3.05, 3.63) is 59.2 Å². The molecular formula is C16H11NO. The monoisotopic (exact) mass is 233 g/mol. The van der Waals surface area contributed by atoms with E-state index in [0.29, 0.717) is 16.9 Å². The van der Waals surface area contributed by atoms with Gasteiger partial charge in [0.15, 0.2) is 0 Å². The maximum Gasteiger partial charge on any atom is 0.128 e. The molecule has 0 atom stereocenters. The van der Waals surface area contributed by atoms with Crippen LogP contribution in [0.4, 0.5) is 0 Å². The van der Waals surface area contributed by atoms with Crippen LogP contribution in [0.3, 0.4) is 0 Å². The van der Waals surface area contributed by atoms with E-state index in [1.165, 1.54) is 5.56 Å². The second kappa shape index (κ2) is 5.08. The third-order valence-electron chi connectivity index (χ3n) is 2.52. The number of nitriles is 1. The summed E-state index contributed by atoms with van der Waals surface area (Å²) in [4.78, 5) is 0. The summed E-state index contributed by atoms with van der Waals surface area (Å²) in [5.74, 6) is 3.81. The van der Waals surface area contributed by atoms with Gasteiger partial charge in [-0.15, -0.1) is 6.42 Å². The number of hydrogen-bond acceptors (Lipinski definition) is 2. The highest BCUT2D eigenvalue weighted by Gasteiger charge is 2.03. The number of terminal acetylenes is 1. The smallest absolute Gasteiger partial charge is 0.128 e. The quantitative estimate of drug-likeness (QED) is 0.742. The Labute approximate surface area is 106 Å². The number of benzene rings is 2. The zero-order chi connectivity index (χ0) is 13.0. The molecule has 18 heavy (non-hydrogen) atoms. The van der Waals surface area contributed by atoms with Crippen LogP contribution < -0.4 is 4.74 Å². The molecule has 2 nitrogen and oxygen atoms in total. The third kappa shape index (κ3) is 2.51. The van der Waals surface area contributed by atoms with Crippen LogP contribution in [-0.4, -0.2) is 0 Å². The van der Waals surface area contributed by atoms with Crippen molar-refractivity contribution in [2.75, 3.05) is 0 Å². The van der Waals surface area contributed by atoms with Crippen molar-refractivity contribution in [2.45, 2.75) is 6.92 Å². The minimum absolute atomic E-state index is 0.446. The van der Waals surface area contributed by atoms with Gasteiger partial charge in [-0.1, -0.05) is 23.6 Å². The average Bonchev–Trinajstić information content (AvgIpc) is 2.41. The molecule has 0 aromatic heterocycles. The zero-order valence-electron chi connectivity index (χ0n) is 9.97. The summed E-state index contributed by atoms with van der Waals surface area (Å²) in [6, 6.07) is 14.9. The van der Waals surface area contributed by atoms with Gasteiger partial charge in [-0.05, 0) is 37.3 Å². The Bertz CT molecular complexity index is 642. The van der Waals surface area contributed by atoms with Gasteiger partial charge in [0.25, 0.3) is 0 Å². The van der Waals surface area contributed by atoms with Crippen LogP contribution in [0.2, 0.25) is 0 Å². The second-order valence-corrected chi connectivity index (χ2v) is 3.88. The first-order valence-corrected chi connectivity index (χ1v) is 5.48. The molecular weight excluding hydrogens is 222 g/mol. The Morgan fingerprint density at radius 2 is 1.67 bits per heavy atom. The summed E-state index contributed by atoms with van der Waals surface area (Å²) in [6.07, 6.45) is 5.30. The van der Waals surface area contributed by atoms with Crippen LogP contribution in [0.1, 0.15) is 16.7 Å². The van der Waals surface area contributed by atoms with E-state index >= 15 is 0 Å². The minimum Gasteiger partial charge on any atom is -0.457 e. The van der Waals surface area contributed by atoms with Crippen LogP contribution in [0, 0.1) is 30.6 Å². The number of rotatable bonds is 2. The first-order valence-electron chi connectivity index (χ1n) is 5.48. The van der Waals surface area contributed by atoms with E-state index in [1.54, 1.807) is 18.2 Å². The van der Waals surface area contributed by atoms with Gasteiger partial charge in [-0.25, -0.2) is 0 Å². The van der Waals surface area contributed by atoms with E-state index in [2.05, 4.69) is 12.0 Å². The normalized spacial score (nSPS) is 9.28. The van der Waals surface area contributed by atoms with E-state index in [0.717, 1.165) is 5.75 Å². The average molecular weight is 233 g/mol. The topological polar surface area (TPSA) is 33.0 Å². The molecule has 0 saturated carbocycles. The Kier molecular flexibility index (Phi) is 3.32. The van der Waals surface area contributed by atoms with Gasteiger partial charge in [-0.2, -0.15) is 5.26 Å². The van der Waals surface area contributed by atoms with Gasteiger partial charge in [0, 0.05) is 5.56 Å². The molecule has 0 aliphatic carbocycles. The molecule has 0 aliphatic heterocycles. The van der Waals surface area contributed by atoms with Crippen molar-refractivity contribution in [3.8, 4) is 29.9 Å². The van der Waals surface area contributed by atoms with Crippen molar-refractivity contribution >= 4 is 0 Å². The molecule has 0 fully saturated rings. The lowest BCUT2D eigenvalue weighted by molar-refractivity contribution is 0.482. The molecule has 2 aromatic rings. The van der Waals surface area contributed by atoms with Crippen LogP contribution in [-0.2, 0) is 0 Å². The predicted octanol–water partition coefficient (Wildman–Crippen LogP) is 3.64. The molecule has 0 heterocycles. The predicted molar refractivity (Wildman–Crippen MR) is 70.3 cm³/mol. The highest BCUT2D eigenvalue weighted by molar-refractivity contribution is 5.51. The fourth-order valence-electron chi connectivity index (χ4n) is 1.55. The number of aryl methyl sites for hydroxylation is 1. The van der Waals surface area contributed by atoms with Crippen molar-refractivity contribution in [3.63, 3.8) is 0 Å². The molecule has 0 N–H and O–H groups in total. The molecule has 0 saturated heterocycles. The molecule has 86 valence electrons. The lowest BCUT2D eigenvalue weighted by atomic mass is 10.1. The molecule has 2 rings (SSSR count). The lowest BCUT2D eigenvalue weighted by Gasteiger charge is -2.06. The molecule has 0 bridgehead atoms. The van der Waals surface area contributed by atoms with Gasteiger partial charge in [0.2, 0.25) is 0 Å². The number of ether oxygens (including phenoxy) is 1. The van der Waals surface area contributed by atoms with Crippen LogP contribution >= 0.6 is 0 Å². The SMILES string of the molecule is C#Cc1ccc(Oc2ccc(C)cc2)cc1C#N. The Balaban J connectivity index is 2.28. The molecule has 0 radical (unpaired) electrons. The van der Waals surface area contributed by atoms with E-state index in [-0.39, 0.29) is 0 Å². The van der Waals surface area contributed by atoms with Crippen molar-refractivity contribution in [1.29, 1.82) is 5.26 Å². The maximum absolute atomic E-state index is 8.98. The largest absolute Gasteiger partial charge is 0.457 e. The summed E-state index contributed by atoms with van der Waals surface area (Å²) in [6.45, 7) is 2.01. The number of nitrogens with zero attached hydrogens (tertiary/aromatic N) is 1. The summed E-state index contributed by atoms with van der Waals surface area (Å²) < 4.78 is 5.66. The van der Waals surface area contributed by atoms with Crippen molar-refractivity contribution < 1.29 is 4.74 Å². The van der Waals surface area contributed by atoms with E-state index < -0.39 is 0 Å². The summed E-state index contributed by atoms with van der Waals surface area (Å²) in [5, 5.41) is 8.98. The Hall–Kier alpha value is -2.71. The maximum atomic E-state index is 8.98. The molecule has 2 heteroatoms. The standard InChI is InChI=1S/C16H11NO/c1-3-13-6-9-16(10-14(13)11-17)18-15-7-4-12(2)5-8-15/h1,4-10H,2H3. The van der Waals surface area contributed by atoms with Crippen LogP contribution in [0.15, 0.2) is 42.5 Å². The summed E-state index contributed by atoms with van der Waals surface area (Å²) in [5.41, 5.74) is 2.19. The van der Waals surface area contributed by atoms with Crippen LogP contribution in [0.5, 0.6) is 11.5 Å².